The molecule has 6 heteroatoms. The highest BCUT2D eigenvalue weighted by atomic mass is 32.2. The molecule has 0 aromatic heterocycles. The van der Waals surface area contributed by atoms with Gasteiger partial charge in [-0.15, -0.1) is 0 Å². The molecule has 0 saturated carbocycles. The van der Waals surface area contributed by atoms with Gasteiger partial charge in [0, 0.05) is 52.4 Å². The van der Waals surface area contributed by atoms with Gasteiger partial charge >= 0.3 is 0 Å². The molecule has 0 aromatic carbocycles. The van der Waals surface area contributed by atoms with Crippen molar-refractivity contribution < 1.29 is 0 Å². The first-order chi connectivity index (χ1) is 11.2. The summed E-state index contributed by atoms with van der Waals surface area (Å²) in [6, 6.07) is 0. The van der Waals surface area contributed by atoms with Crippen LogP contribution in [0, 0.1) is 5.92 Å². The summed E-state index contributed by atoms with van der Waals surface area (Å²) in [6.45, 7) is 13.2. The summed E-state index contributed by atoms with van der Waals surface area (Å²) in [5, 5.41) is 6.81. The first kappa shape index (κ1) is 20.6. The number of aliphatic imine (C=N–C) groups is 1. The number of hydrogen-bond donors (Lipinski definition) is 2. The smallest absolute Gasteiger partial charge is 0.191 e. The molecule has 0 bridgehead atoms. The molecule has 23 heavy (non-hydrogen) atoms. The lowest BCUT2D eigenvalue weighted by Crippen LogP contribution is -2.46. The molecule has 0 amide bonds. The highest BCUT2D eigenvalue weighted by Crippen LogP contribution is 2.05. The maximum atomic E-state index is 4.76. The Kier molecular flexibility index (Phi) is 11.5. The fraction of sp³-hybridized carbons (Fsp3) is 0.941. The third-order valence-corrected chi connectivity index (χ3v) is 4.84. The van der Waals surface area contributed by atoms with Crippen molar-refractivity contribution in [2.24, 2.45) is 10.9 Å². The second-order valence-electron chi connectivity index (χ2n) is 6.56. The van der Waals surface area contributed by atoms with Gasteiger partial charge in [-0.1, -0.05) is 6.92 Å². The number of guanidine groups is 1. The molecule has 5 nitrogen and oxygen atoms in total. The summed E-state index contributed by atoms with van der Waals surface area (Å²) >= 11 is 1.92. The summed E-state index contributed by atoms with van der Waals surface area (Å²) in [7, 11) is 2.21. The molecule has 1 heterocycles. The molecular formula is C17H37N5S. The van der Waals surface area contributed by atoms with Crippen LogP contribution >= 0.6 is 11.8 Å². The molecular weight excluding hydrogens is 306 g/mol. The second-order valence-corrected chi connectivity index (χ2v) is 7.54. The molecule has 136 valence electrons. The van der Waals surface area contributed by atoms with Gasteiger partial charge in [0.15, 0.2) is 5.96 Å². The fourth-order valence-corrected chi connectivity index (χ4v) is 3.19. The first-order valence-electron chi connectivity index (χ1n) is 9.07. The number of piperazine rings is 1. The van der Waals surface area contributed by atoms with Crippen LogP contribution in [-0.4, -0.2) is 87.2 Å². The SMILES string of the molecule is CCNC(=NCC(C)CN1CCN(C)CC1)NCCCCSC. The maximum Gasteiger partial charge on any atom is 0.191 e. The largest absolute Gasteiger partial charge is 0.357 e. The molecule has 1 fully saturated rings. The normalized spacial score (nSPS) is 18.9. The Morgan fingerprint density at radius 2 is 1.91 bits per heavy atom. The number of nitrogens with one attached hydrogen (secondary N) is 2. The summed E-state index contributed by atoms with van der Waals surface area (Å²) < 4.78 is 0. The standard InChI is InChI=1S/C17H37N5S/c1-5-18-17(19-8-6-7-13-23-4)20-14-16(2)15-22-11-9-21(3)10-12-22/h16H,5-15H2,1-4H3,(H2,18,19,20). The molecule has 1 saturated heterocycles. The molecule has 1 rings (SSSR count). The monoisotopic (exact) mass is 343 g/mol. The fourth-order valence-electron chi connectivity index (χ4n) is 2.70. The summed E-state index contributed by atoms with van der Waals surface area (Å²) in [5.41, 5.74) is 0. The van der Waals surface area contributed by atoms with E-state index in [0.717, 1.165) is 32.1 Å². The Morgan fingerprint density at radius 3 is 2.57 bits per heavy atom. The number of hydrogen-bond acceptors (Lipinski definition) is 4. The molecule has 1 atom stereocenters. The molecule has 0 aromatic rings. The topological polar surface area (TPSA) is 42.9 Å². The predicted molar refractivity (Wildman–Crippen MR) is 105 cm³/mol. The van der Waals surface area contributed by atoms with Crippen LogP contribution in [0.2, 0.25) is 0 Å². The van der Waals surface area contributed by atoms with Crippen molar-refractivity contribution in [2.45, 2.75) is 26.7 Å². The van der Waals surface area contributed by atoms with E-state index in [1.165, 1.54) is 44.8 Å². The van der Waals surface area contributed by atoms with E-state index in [-0.39, 0.29) is 0 Å². The molecule has 1 aliphatic rings. The molecule has 0 radical (unpaired) electrons. The van der Waals surface area contributed by atoms with Crippen LogP contribution in [0.5, 0.6) is 0 Å². The molecule has 1 unspecified atom stereocenters. The zero-order valence-electron chi connectivity index (χ0n) is 15.6. The minimum absolute atomic E-state index is 0.602. The van der Waals surface area contributed by atoms with Crippen LogP contribution in [0.4, 0.5) is 0 Å². The Hall–Kier alpha value is -0.460. The van der Waals surface area contributed by atoms with E-state index in [9.17, 15) is 0 Å². The van der Waals surface area contributed by atoms with Crippen molar-refractivity contribution in [3.05, 3.63) is 0 Å². The quantitative estimate of drug-likeness (QED) is 0.358. The number of unbranched alkanes of at least 4 members (excludes halogenated alkanes) is 1. The van der Waals surface area contributed by atoms with Crippen LogP contribution in [0.1, 0.15) is 26.7 Å². The highest BCUT2D eigenvalue weighted by molar-refractivity contribution is 7.98. The van der Waals surface area contributed by atoms with Gasteiger partial charge in [0.1, 0.15) is 0 Å². The van der Waals surface area contributed by atoms with Crippen LogP contribution in [0.3, 0.4) is 0 Å². The third kappa shape index (κ3) is 10.1. The minimum atomic E-state index is 0.602. The lowest BCUT2D eigenvalue weighted by molar-refractivity contribution is 0.140. The maximum absolute atomic E-state index is 4.76. The van der Waals surface area contributed by atoms with Crippen molar-refractivity contribution in [3.8, 4) is 0 Å². The first-order valence-corrected chi connectivity index (χ1v) is 10.5. The van der Waals surface area contributed by atoms with Crippen molar-refractivity contribution in [1.29, 1.82) is 0 Å². The third-order valence-electron chi connectivity index (χ3n) is 4.14. The van der Waals surface area contributed by atoms with Gasteiger partial charge in [-0.05, 0) is 44.7 Å². The Morgan fingerprint density at radius 1 is 1.17 bits per heavy atom. The van der Waals surface area contributed by atoms with Crippen LogP contribution < -0.4 is 10.6 Å². The Bertz CT molecular complexity index is 316. The van der Waals surface area contributed by atoms with Crippen LogP contribution in [0.25, 0.3) is 0 Å². The van der Waals surface area contributed by atoms with E-state index >= 15 is 0 Å². The molecule has 0 aliphatic carbocycles. The second kappa shape index (κ2) is 12.9. The van der Waals surface area contributed by atoms with Gasteiger partial charge in [-0.3, -0.25) is 4.99 Å². The minimum Gasteiger partial charge on any atom is -0.357 e. The van der Waals surface area contributed by atoms with Crippen molar-refractivity contribution in [1.82, 2.24) is 20.4 Å². The van der Waals surface area contributed by atoms with Gasteiger partial charge in [0.2, 0.25) is 0 Å². The van der Waals surface area contributed by atoms with Crippen LogP contribution in [-0.2, 0) is 0 Å². The van der Waals surface area contributed by atoms with Gasteiger partial charge in [0.25, 0.3) is 0 Å². The number of thioether (sulfide) groups is 1. The van der Waals surface area contributed by atoms with Crippen molar-refractivity contribution in [2.75, 3.05) is 71.4 Å². The van der Waals surface area contributed by atoms with Gasteiger partial charge < -0.3 is 20.4 Å². The zero-order chi connectivity index (χ0) is 16.9. The van der Waals surface area contributed by atoms with Gasteiger partial charge in [0.05, 0.1) is 0 Å². The van der Waals surface area contributed by atoms with E-state index in [0.29, 0.717) is 5.92 Å². The van der Waals surface area contributed by atoms with Gasteiger partial charge in [-0.2, -0.15) is 11.8 Å². The van der Waals surface area contributed by atoms with E-state index in [4.69, 9.17) is 4.99 Å². The molecule has 1 aliphatic heterocycles. The predicted octanol–water partition coefficient (Wildman–Crippen LogP) is 1.57. The van der Waals surface area contributed by atoms with E-state index in [1.807, 2.05) is 11.8 Å². The summed E-state index contributed by atoms with van der Waals surface area (Å²) in [6.07, 6.45) is 4.65. The Balaban J connectivity index is 2.25. The number of likely N-dealkylation sites (N-methyl/N-ethyl adjacent to an activating group) is 1. The average Bonchev–Trinajstić information content (AvgIpc) is 2.54. The summed E-state index contributed by atoms with van der Waals surface area (Å²) in [4.78, 5) is 9.74. The van der Waals surface area contributed by atoms with Crippen LogP contribution in [0.15, 0.2) is 4.99 Å². The van der Waals surface area contributed by atoms with E-state index in [1.54, 1.807) is 0 Å². The lowest BCUT2D eigenvalue weighted by Gasteiger charge is -2.33. The zero-order valence-corrected chi connectivity index (χ0v) is 16.4. The van der Waals surface area contributed by atoms with Crippen molar-refractivity contribution >= 4 is 17.7 Å². The van der Waals surface area contributed by atoms with Crippen molar-refractivity contribution in [3.63, 3.8) is 0 Å². The lowest BCUT2D eigenvalue weighted by atomic mass is 10.1. The molecule has 2 N–H and O–H groups in total. The van der Waals surface area contributed by atoms with E-state index < -0.39 is 0 Å². The highest BCUT2D eigenvalue weighted by Gasteiger charge is 2.15. The number of rotatable bonds is 10. The Labute approximate surface area is 147 Å². The van der Waals surface area contributed by atoms with E-state index in [2.05, 4.69) is 47.6 Å². The summed E-state index contributed by atoms with van der Waals surface area (Å²) in [5.74, 6) is 2.82. The number of nitrogens with zero attached hydrogens (tertiary/aromatic N) is 3. The molecule has 0 spiro atoms. The van der Waals surface area contributed by atoms with Gasteiger partial charge in [-0.25, -0.2) is 0 Å². The average molecular weight is 344 g/mol.